The van der Waals surface area contributed by atoms with E-state index in [-0.39, 0.29) is 5.43 Å². The van der Waals surface area contributed by atoms with E-state index in [2.05, 4.69) is 17.0 Å². The van der Waals surface area contributed by atoms with Crippen molar-refractivity contribution in [2.45, 2.75) is 20.0 Å². The van der Waals surface area contributed by atoms with Crippen LogP contribution >= 0.6 is 0 Å². The van der Waals surface area contributed by atoms with E-state index in [9.17, 15) is 4.79 Å². The van der Waals surface area contributed by atoms with Gasteiger partial charge in [-0.25, -0.2) is 0 Å². The van der Waals surface area contributed by atoms with Crippen LogP contribution < -0.4 is 14.9 Å². The summed E-state index contributed by atoms with van der Waals surface area (Å²) in [5.41, 5.74) is 4.10. The molecular weight excluding hydrogens is 390 g/mol. The van der Waals surface area contributed by atoms with Gasteiger partial charge in [-0.05, 0) is 42.3 Å². The van der Waals surface area contributed by atoms with Gasteiger partial charge in [0, 0.05) is 13.1 Å². The number of benzene rings is 3. The molecule has 0 fully saturated rings. The van der Waals surface area contributed by atoms with E-state index in [1.807, 2.05) is 55.5 Å². The average molecular weight is 413 g/mol. The van der Waals surface area contributed by atoms with Gasteiger partial charge in [0.2, 0.25) is 5.43 Å². The fourth-order valence-corrected chi connectivity index (χ4v) is 4.15. The summed E-state index contributed by atoms with van der Waals surface area (Å²) in [4.78, 5) is 15.6. The van der Waals surface area contributed by atoms with Crippen LogP contribution in [0.2, 0.25) is 0 Å². The van der Waals surface area contributed by atoms with Crippen molar-refractivity contribution in [2.75, 3.05) is 13.8 Å². The lowest BCUT2D eigenvalue weighted by atomic mass is 10.0. The van der Waals surface area contributed by atoms with E-state index in [1.54, 1.807) is 13.2 Å². The van der Waals surface area contributed by atoms with Crippen LogP contribution in [0.5, 0.6) is 11.5 Å². The van der Waals surface area contributed by atoms with E-state index in [0.717, 1.165) is 29.2 Å². The highest BCUT2D eigenvalue weighted by Gasteiger charge is 2.24. The van der Waals surface area contributed by atoms with Crippen molar-refractivity contribution < 1.29 is 13.9 Å². The Morgan fingerprint density at radius 3 is 2.52 bits per heavy atom. The van der Waals surface area contributed by atoms with Crippen LogP contribution in [0, 0.1) is 6.92 Å². The molecule has 0 aliphatic carbocycles. The first-order valence-corrected chi connectivity index (χ1v) is 10.3. The van der Waals surface area contributed by atoms with Gasteiger partial charge in [-0.15, -0.1) is 0 Å². The zero-order valence-electron chi connectivity index (χ0n) is 17.6. The fraction of sp³-hybridized carbons (Fsp3) is 0.192. The molecule has 31 heavy (non-hydrogen) atoms. The molecule has 0 atom stereocenters. The Hall–Kier alpha value is -3.57. The van der Waals surface area contributed by atoms with Crippen molar-refractivity contribution in [1.29, 1.82) is 0 Å². The fourth-order valence-electron chi connectivity index (χ4n) is 4.15. The second kappa shape index (κ2) is 7.93. The van der Waals surface area contributed by atoms with Gasteiger partial charge in [0.05, 0.1) is 23.6 Å². The van der Waals surface area contributed by atoms with Crippen LogP contribution in [0.4, 0.5) is 0 Å². The monoisotopic (exact) mass is 413 g/mol. The molecule has 0 saturated heterocycles. The normalized spacial score (nSPS) is 13.6. The maximum Gasteiger partial charge on any atom is 0.200 e. The van der Waals surface area contributed by atoms with E-state index < -0.39 is 0 Å². The topological polar surface area (TPSA) is 51.9 Å². The van der Waals surface area contributed by atoms with Gasteiger partial charge in [-0.2, -0.15) is 0 Å². The zero-order valence-corrected chi connectivity index (χ0v) is 17.6. The quantitative estimate of drug-likeness (QED) is 0.464. The summed E-state index contributed by atoms with van der Waals surface area (Å²) in [6.07, 6.45) is 0. The number of fused-ring (bicyclic) bond motifs is 3. The SMILES string of the molecule is COc1ccc(-c2c(C)oc3c4c(ccc3c2=O)OCN(Cc2ccccc2)C4)cc1. The minimum Gasteiger partial charge on any atom is -0.497 e. The summed E-state index contributed by atoms with van der Waals surface area (Å²) in [6.45, 7) is 3.77. The Balaban J connectivity index is 1.56. The minimum atomic E-state index is -0.0353. The summed E-state index contributed by atoms with van der Waals surface area (Å²) in [5, 5.41) is 0.570. The Kier molecular flexibility index (Phi) is 4.96. The molecule has 0 radical (unpaired) electrons. The molecule has 0 saturated carbocycles. The van der Waals surface area contributed by atoms with Crippen LogP contribution in [0.1, 0.15) is 16.9 Å². The number of ether oxygens (including phenoxy) is 2. The standard InChI is InChI=1S/C26H23NO4/c1-17-24(19-8-10-20(29-2)11-9-19)25(28)21-12-13-23-22(26(21)31-17)15-27(16-30-23)14-18-6-4-3-5-7-18/h3-13H,14-16H2,1-2H3. The lowest BCUT2D eigenvalue weighted by Gasteiger charge is -2.29. The molecule has 1 aliphatic rings. The van der Waals surface area contributed by atoms with E-state index in [0.29, 0.717) is 35.6 Å². The van der Waals surface area contributed by atoms with Crippen molar-refractivity contribution in [3.63, 3.8) is 0 Å². The molecule has 4 aromatic rings. The molecule has 156 valence electrons. The number of hydrogen-bond acceptors (Lipinski definition) is 5. The molecule has 5 nitrogen and oxygen atoms in total. The lowest BCUT2D eigenvalue weighted by molar-refractivity contribution is 0.0890. The maximum absolute atomic E-state index is 13.4. The zero-order chi connectivity index (χ0) is 21.4. The van der Waals surface area contributed by atoms with Crippen molar-refractivity contribution in [3.05, 3.63) is 93.8 Å². The molecule has 0 unspecified atom stereocenters. The van der Waals surface area contributed by atoms with Crippen LogP contribution in [-0.2, 0) is 13.1 Å². The Labute approximate surface area is 180 Å². The minimum absolute atomic E-state index is 0.0353. The Bertz CT molecular complexity index is 1290. The third-order valence-corrected chi connectivity index (χ3v) is 5.71. The molecule has 1 aliphatic heterocycles. The van der Waals surface area contributed by atoms with Crippen LogP contribution in [-0.4, -0.2) is 18.7 Å². The summed E-state index contributed by atoms with van der Waals surface area (Å²) >= 11 is 0. The Morgan fingerprint density at radius 2 is 1.77 bits per heavy atom. The summed E-state index contributed by atoms with van der Waals surface area (Å²) in [6, 6.07) is 21.4. The second-order valence-electron chi connectivity index (χ2n) is 7.76. The Morgan fingerprint density at radius 1 is 1.00 bits per heavy atom. The largest absolute Gasteiger partial charge is 0.497 e. The first kappa shape index (κ1) is 19.4. The first-order chi connectivity index (χ1) is 15.1. The third-order valence-electron chi connectivity index (χ3n) is 5.71. The average Bonchev–Trinajstić information content (AvgIpc) is 2.80. The highest BCUT2D eigenvalue weighted by molar-refractivity contribution is 5.86. The molecule has 0 N–H and O–H groups in total. The molecule has 5 rings (SSSR count). The first-order valence-electron chi connectivity index (χ1n) is 10.3. The molecule has 0 amide bonds. The smallest absolute Gasteiger partial charge is 0.200 e. The van der Waals surface area contributed by atoms with Crippen LogP contribution in [0.25, 0.3) is 22.1 Å². The van der Waals surface area contributed by atoms with Gasteiger partial charge in [0.15, 0.2) is 0 Å². The molecule has 2 heterocycles. The number of methoxy groups -OCH3 is 1. The van der Waals surface area contributed by atoms with Gasteiger partial charge in [-0.1, -0.05) is 42.5 Å². The molecule has 1 aromatic heterocycles. The lowest BCUT2D eigenvalue weighted by Crippen LogP contribution is -2.31. The summed E-state index contributed by atoms with van der Waals surface area (Å²) in [5.74, 6) is 2.11. The predicted octanol–water partition coefficient (Wildman–Crippen LogP) is 5.13. The van der Waals surface area contributed by atoms with Crippen LogP contribution in [0.3, 0.4) is 0 Å². The molecule has 3 aromatic carbocycles. The van der Waals surface area contributed by atoms with Gasteiger partial charge in [0.1, 0.15) is 29.6 Å². The number of aryl methyl sites for hydroxylation is 1. The van der Waals surface area contributed by atoms with Crippen molar-refractivity contribution in [3.8, 4) is 22.6 Å². The highest BCUT2D eigenvalue weighted by atomic mass is 16.5. The highest BCUT2D eigenvalue weighted by Crippen LogP contribution is 2.34. The molecule has 5 heteroatoms. The van der Waals surface area contributed by atoms with Gasteiger partial charge < -0.3 is 13.9 Å². The van der Waals surface area contributed by atoms with Gasteiger partial charge in [0.25, 0.3) is 0 Å². The van der Waals surface area contributed by atoms with E-state index in [4.69, 9.17) is 13.9 Å². The van der Waals surface area contributed by atoms with E-state index >= 15 is 0 Å². The van der Waals surface area contributed by atoms with Gasteiger partial charge >= 0.3 is 0 Å². The number of nitrogens with zero attached hydrogens (tertiary/aromatic N) is 1. The number of hydrogen-bond donors (Lipinski definition) is 0. The molecule has 0 bridgehead atoms. The predicted molar refractivity (Wildman–Crippen MR) is 120 cm³/mol. The van der Waals surface area contributed by atoms with Gasteiger partial charge in [-0.3, -0.25) is 9.69 Å². The molecular formula is C26H23NO4. The van der Waals surface area contributed by atoms with E-state index in [1.165, 1.54) is 5.56 Å². The van der Waals surface area contributed by atoms with Crippen LogP contribution in [0.15, 0.2) is 75.9 Å². The van der Waals surface area contributed by atoms with Crippen molar-refractivity contribution in [1.82, 2.24) is 4.90 Å². The second-order valence-corrected chi connectivity index (χ2v) is 7.76. The number of rotatable bonds is 4. The molecule has 0 spiro atoms. The van der Waals surface area contributed by atoms with Crippen molar-refractivity contribution in [2.24, 2.45) is 0 Å². The summed E-state index contributed by atoms with van der Waals surface area (Å²) < 4.78 is 17.5. The van der Waals surface area contributed by atoms with Crippen molar-refractivity contribution >= 4 is 11.0 Å². The summed E-state index contributed by atoms with van der Waals surface area (Å²) in [7, 11) is 1.62. The third kappa shape index (κ3) is 3.57. The maximum atomic E-state index is 13.4.